The van der Waals surface area contributed by atoms with Crippen molar-refractivity contribution < 1.29 is 29.0 Å². The molecule has 8 heteroatoms. The van der Waals surface area contributed by atoms with Crippen LogP contribution in [-0.2, 0) is 23.9 Å². The Balaban J connectivity index is 1.86. The van der Waals surface area contributed by atoms with Crippen LogP contribution in [0.5, 0.6) is 0 Å². The molecule has 30 heavy (non-hydrogen) atoms. The van der Waals surface area contributed by atoms with Crippen LogP contribution in [0.3, 0.4) is 0 Å². The van der Waals surface area contributed by atoms with E-state index in [9.17, 15) is 19.5 Å². The van der Waals surface area contributed by atoms with Crippen LogP contribution < -0.4 is 0 Å². The number of amides is 2. The molecule has 0 aromatic carbocycles. The molecule has 2 amide bonds. The molecular formula is C22H30N2O6. The SMILES string of the molecule is CC(C)N1CC=C[C@]23O[C@@H]4/C=C\CCCOC(=O)[C@@H]4[C@H]2C(=O)N([C@H](C)CO)C3C1=O. The number of aliphatic hydroxyl groups excluding tert-OH is 1. The summed E-state index contributed by atoms with van der Waals surface area (Å²) in [4.78, 5) is 43.4. The van der Waals surface area contributed by atoms with Crippen LogP contribution in [0.1, 0.15) is 33.6 Å². The van der Waals surface area contributed by atoms with Gasteiger partial charge in [0.25, 0.3) is 0 Å². The van der Waals surface area contributed by atoms with Crippen molar-refractivity contribution in [3.05, 3.63) is 24.3 Å². The van der Waals surface area contributed by atoms with Crippen LogP contribution in [0, 0.1) is 11.8 Å². The number of carbonyl (C=O) groups excluding carboxylic acids is 3. The van der Waals surface area contributed by atoms with Crippen molar-refractivity contribution in [1.82, 2.24) is 9.80 Å². The summed E-state index contributed by atoms with van der Waals surface area (Å²) < 4.78 is 11.9. The Hall–Kier alpha value is -2.19. The average Bonchev–Trinajstić information content (AvgIpc) is 3.12. The maximum atomic E-state index is 13.7. The molecule has 1 unspecified atom stereocenters. The molecule has 0 aliphatic carbocycles. The molecule has 1 spiro atoms. The number of hydrogen-bond donors (Lipinski definition) is 1. The number of likely N-dealkylation sites (tertiary alicyclic amines) is 1. The van der Waals surface area contributed by atoms with E-state index in [-0.39, 0.29) is 31.1 Å². The highest BCUT2D eigenvalue weighted by Crippen LogP contribution is 2.53. The van der Waals surface area contributed by atoms with E-state index >= 15 is 0 Å². The molecule has 8 nitrogen and oxygen atoms in total. The summed E-state index contributed by atoms with van der Waals surface area (Å²) in [6.45, 7) is 5.94. The predicted octanol–water partition coefficient (Wildman–Crippen LogP) is 0.648. The van der Waals surface area contributed by atoms with E-state index in [2.05, 4.69) is 0 Å². The Labute approximate surface area is 176 Å². The first-order chi connectivity index (χ1) is 14.3. The van der Waals surface area contributed by atoms with Crippen LogP contribution in [-0.4, -0.2) is 82.3 Å². The maximum Gasteiger partial charge on any atom is 0.312 e. The van der Waals surface area contributed by atoms with Gasteiger partial charge >= 0.3 is 5.97 Å². The van der Waals surface area contributed by atoms with Crippen molar-refractivity contribution in [3.8, 4) is 0 Å². The van der Waals surface area contributed by atoms with Gasteiger partial charge in [-0.3, -0.25) is 14.4 Å². The molecule has 1 N–H and O–H groups in total. The molecule has 164 valence electrons. The summed E-state index contributed by atoms with van der Waals surface area (Å²) in [6.07, 6.45) is 8.26. The number of carbonyl (C=O) groups is 3. The maximum absolute atomic E-state index is 13.7. The van der Waals surface area contributed by atoms with E-state index in [0.717, 1.165) is 6.42 Å². The van der Waals surface area contributed by atoms with Crippen molar-refractivity contribution >= 4 is 17.8 Å². The Bertz CT molecular complexity index is 792. The van der Waals surface area contributed by atoms with E-state index in [1.54, 1.807) is 17.9 Å². The first-order valence-electron chi connectivity index (χ1n) is 10.8. The van der Waals surface area contributed by atoms with Gasteiger partial charge in [-0.15, -0.1) is 0 Å². The third kappa shape index (κ3) is 3.00. The van der Waals surface area contributed by atoms with Gasteiger partial charge in [0.1, 0.15) is 17.6 Å². The number of fused-ring (bicyclic) bond motifs is 2. The van der Waals surface area contributed by atoms with E-state index in [0.29, 0.717) is 13.0 Å². The fraction of sp³-hybridized carbons (Fsp3) is 0.682. The molecule has 6 atom stereocenters. The smallest absolute Gasteiger partial charge is 0.312 e. The van der Waals surface area contributed by atoms with Gasteiger partial charge in [0.15, 0.2) is 0 Å². The van der Waals surface area contributed by atoms with Crippen molar-refractivity contribution in [2.75, 3.05) is 19.8 Å². The summed E-state index contributed by atoms with van der Waals surface area (Å²) in [5, 5.41) is 9.82. The largest absolute Gasteiger partial charge is 0.465 e. The van der Waals surface area contributed by atoms with Crippen molar-refractivity contribution in [2.24, 2.45) is 11.8 Å². The highest BCUT2D eigenvalue weighted by Gasteiger charge is 2.72. The molecule has 2 fully saturated rings. The summed E-state index contributed by atoms with van der Waals surface area (Å²) in [6, 6.07) is -1.59. The second-order valence-electron chi connectivity index (χ2n) is 8.84. The summed E-state index contributed by atoms with van der Waals surface area (Å²) in [5.41, 5.74) is -1.26. The summed E-state index contributed by atoms with van der Waals surface area (Å²) in [5.74, 6) is -2.74. The molecule has 2 saturated heterocycles. The predicted molar refractivity (Wildman–Crippen MR) is 107 cm³/mol. The van der Waals surface area contributed by atoms with Gasteiger partial charge in [0.2, 0.25) is 11.8 Å². The average molecular weight is 418 g/mol. The number of nitrogens with zero attached hydrogens (tertiary/aromatic N) is 2. The number of hydrogen-bond acceptors (Lipinski definition) is 6. The number of aliphatic hydroxyl groups is 1. The monoisotopic (exact) mass is 418 g/mol. The molecule has 4 aliphatic heterocycles. The minimum atomic E-state index is -1.26. The standard InChI is InChI=1S/C22H30N2O6/c1-13(2)23-10-7-9-22-17(19(26)24(14(3)12-25)18(22)20(23)27)16-15(30-22)8-5-4-6-11-29-21(16)28/h5,7-9,13-18,25H,4,6,10-12H2,1-3H3/b8-5-/t14-,15-,16+,17+,18?,22+/m1/s1. The Kier molecular flexibility index (Phi) is 5.48. The van der Waals surface area contributed by atoms with Gasteiger partial charge < -0.3 is 24.4 Å². The third-order valence-electron chi connectivity index (χ3n) is 6.68. The van der Waals surface area contributed by atoms with E-state index in [4.69, 9.17) is 9.47 Å². The lowest BCUT2D eigenvalue weighted by Crippen LogP contribution is -2.58. The second kappa shape index (κ2) is 7.81. The van der Waals surface area contributed by atoms with Gasteiger partial charge in [0.05, 0.1) is 31.3 Å². The van der Waals surface area contributed by atoms with Crippen LogP contribution in [0.2, 0.25) is 0 Å². The minimum absolute atomic E-state index is 0.0683. The van der Waals surface area contributed by atoms with Crippen molar-refractivity contribution in [2.45, 2.75) is 63.4 Å². The highest BCUT2D eigenvalue weighted by atomic mass is 16.6. The van der Waals surface area contributed by atoms with Gasteiger partial charge in [-0.2, -0.15) is 0 Å². The lowest BCUT2D eigenvalue weighted by molar-refractivity contribution is -0.156. The number of cyclic esters (lactones) is 1. The molecule has 0 bridgehead atoms. The molecule has 4 aliphatic rings. The molecule has 0 aromatic heterocycles. The first kappa shape index (κ1) is 21.1. The number of ether oxygens (including phenoxy) is 2. The van der Waals surface area contributed by atoms with Gasteiger partial charge in [0, 0.05) is 12.6 Å². The lowest BCUT2D eigenvalue weighted by Gasteiger charge is -2.38. The molecular weight excluding hydrogens is 388 g/mol. The van der Waals surface area contributed by atoms with Gasteiger partial charge in [-0.05, 0) is 33.6 Å². The number of allylic oxidation sites excluding steroid dienone is 1. The Morgan fingerprint density at radius 1 is 1.20 bits per heavy atom. The second-order valence-corrected chi connectivity index (χ2v) is 8.84. The fourth-order valence-corrected chi connectivity index (χ4v) is 5.24. The highest BCUT2D eigenvalue weighted by molar-refractivity contribution is 5.99. The first-order valence-corrected chi connectivity index (χ1v) is 10.8. The van der Waals surface area contributed by atoms with Crippen LogP contribution in [0.4, 0.5) is 0 Å². The Morgan fingerprint density at radius 2 is 1.97 bits per heavy atom. The Morgan fingerprint density at radius 3 is 2.67 bits per heavy atom. The molecule has 4 heterocycles. The third-order valence-corrected chi connectivity index (χ3v) is 6.68. The lowest BCUT2D eigenvalue weighted by atomic mass is 9.78. The summed E-state index contributed by atoms with van der Waals surface area (Å²) in [7, 11) is 0. The molecule has 4 rings (SSSR count). The molecule has 0 aromatic rings. The van der Waals surface area contributed by atoms with Crippen LogP contribution >= 0.6 is 0 Å². The quantitative estimate of drug-likeness (QED) is 0.534. The fourth-order valence-electron chi connectivity index (χ4n) is 5.24. The molecule has 0 radical (unpaired) electrons. The van der Waals surface area contributed by atoms with Crippen molar-refractivity contribution in [1.29, 1.82) is 0 Å². The topological polar surface area (TPSA) is 96.4 Å². The number of rotatable bonds is 3. The van der Waals surface area contributed by atoms with Crippen LogP contribution in [0.15, 0.2) is 24.3 Å². The van der Waals surface area contributed by atoms with E-state index in [1.807, 2.05) is 32.1 Å². The van der Waals surface area contributed by atoms with Gasteiger partial charge in [-0.25, -0.2) is 0 Å². The van der Waals surface area contributed by atoms with E-state index < -0.39 is 41.6 Å². The van der Waals surface area contributed by atoms with Crippen molar-refractivity contribution in [3.63, 3.8) is 0 Å². The zero-order valence-electron chi connectivity index (χ0n) is 17.7. The minimum Gasteiger partial charge on any atom is -0.465 e. The van der Waals surface area contributed by atoms with E-state index in [1.165, 1.54) is 4.90 Å². The van der Waals surface area contributed by atoms with Gasteiger partial charge in [-0.1, -0.05) is 24.3 Å². The zero-order valence-corrected chi connectivity index (χ0v) is 17.7. The van der Waals surface area contributed by atoms with Crippen LogP contribution in [0.25, 0.3) is 0 Å². The normalized spacial score (nSPS) is 38.2. The zero-order chi connectivity index (χ0) is 21.6. The number of esters is 1. The molecule has 0 saturated carbocycles. The summed E-state index contributed by atoms with van der Waals surface area (Å²) >= 11 is 0.